The van der Waals surface area contributed by atoms with Crippen LogP contribution in [0.5, 0.6) is 5.75 Å². The summed E-state index contributed by atoms with van der Waals surface area (Å²) in [6, 6.07) is 12.4. The van der Waals surface area contributed by atoms with Gasteiger partial charge in [-0.15, -0.1) is 0 Å². The number of amides is 1. The first-order valence-electron chi connectivity index (χ1n) is 12.6. The third-order valence-corrected chi connectivity index (χ3v) is 8.32. The molecular weight excluding hydrogens is 448 g/mol. The lowest BCUT2D eigenvalue weighted by atomic mass is 9.79. The van der Waals surface area contributed by atoms with Crippen LogP contribution < -0.4 is 4.74 Å². The monoisotopic (exact) mass is 482 g/mol. The highest BCUT2D eigenvalue weighted by molar-refractivity contribution is 6.32. The minimum Gasteiger partial charge on any atom is -0.492 e. The summed E-state index contributed by atoms with van der Waals surface area (Å²) in [4.78, 5) is 16.9. The van der Waals surface area contributed by atoms with Crippen molar-refractivity contribution in [2.75, 3.05) is 26.2 Å². The van der Waals surface area contributed by atoms with Crippen molar-refractivity contribution < 1.29 is 14.6 Å². The molecule has 3 heterocycles. The minimum atomic E-state index is -0.789. The molecule has 0 unspecified atom stereocenters. The Bertz CT molecular complexity index is 1080. The molecule has 34 heavy (non-hydrogen) atoms. The summed E-state index contributed by atoms with van der Waals surface area (Å²) in [5, 5.41) is 11.0. The van der Waals surface area contributed by atoms with Gasteiger partial charge in [0, 0.05) is 6.54 Å². The van der Waals surface area contributed by atoms with Crippen molar-refractivity contribution in [1.29, 1.82) is 0 Å². The van der Waals surface area contributed by atoms with Gasteiger partial charge in [0.1, 0.15) is 5.75 Å². The number of nitrogens with zero attached hydrogens (tertiary/aromatic N) is 2. The van der Waals surface area contributed by atoms with Crippen LogP contribution in [0.25, 0.3) is 11.1 Å². The third-order valence-electron chi connectivity index (χ3n) is 8.03. The first-order valence-corrected chi connectivity index (χ1v) is 13.0. The SMILES string of the molecule is CCCOc1ccc(-c2ccc3c(c2)CC(C)(C)[C@H]3N(C(=O)O)[C@@H]2CN3CCC2CC3)cc1Cl. The number of benzene rings is 2. The Morgan fingerprint density at radius 3 is 2.50 bits per heavy atom. The summed E-state index contributed by atoms with van der Waals surface area (Å²) < 4.78 is 5.72. The largest absolute Gasteiger partial charge is 0.492 e. The molecule has 2 aromatic rings. The van der Waals surface area contributed by atoms with Crippen molar-refractivity contribution in [2.24, 2.45) is 11.3 Å². The number of carbonyl (C=O) groups is 1. The molecule has 182 valence electrons. The maximum absolute atomic E-state index is 12.7. The van der Waals surface area contributed by atoms with Gasteiger partial charge < -0.3 is 14.7 Å². The highest BCUT2D eigenvalue weighted by Gasteiger charge is 2.50. The number of rotatable bonds is 6. The van der Waals surface area contributed by atoms with Crippen LogP contribution in [0.4, 0.5) is 4.79 Å². The Hall–Kier alpha value is -2.24. The van der Waals surface area contributed by atoms with Gasteiger partial charge in [0.15, 0.2) is 0 Å². The summed E-state index contributed by atoms with van der Waals surface area (Å²) in [5.74, 6) is 1.18. The lowest BCUT2D eigenvalue weighted by Gasteiger charge is -2.51. The molecule has 0 spiro atoms. The molecule has 3 fully saturated rings. The highest BCUT2D eigenvalue weighted by atomic mass is 35.5. The molecule has 5 nitrogen and oxygen atoms in total. The van der Waals surface area contributed by atoms with Crippen molar-refractivity contribution in [2.45, 2.75) is 58.5 Å². The molecule has 2 aromatic carbocycles. The smallest absolute Gasteiger partial charge is 0.408 e. The van der Waals surface area contributed by atoms with E-state index in [0.717, 1.165) is 62.0 Å². The van der Waals surface area contributed by atoms with Crippen LogP contribution >= 0.6 is 11.6 Å². The zero-order valence-corrected chi connectivity index (χ0v) is 21.1. The van der Waals surface area contributed by atoms with E-state index in [0.29, 0.717) is 23.3 Å². The molecule has 1 N–H and O–H groups in total. The molecule has 0 saturated carbocycles. The molecule has 2 bridgehead atoms. The van der Waals surface area contributed by atoms with E-state index in [1.165, 1.54) is 5.56 Å². The van der Waals surface area contributed by atoms with E-state index in [-0.39, 0.29) is 17.5 Å². The fourth-order valence-corrected chi connectivity index (χ4v) is 6.68. The zero-order chi connectivity index (χ0) is 24.0. The standard InChI is InChI=1S/C28H35ClN2O3/c1-4-13-34-25-8-6-20(15-23(25)29)19-5-7-22-21(14-19)16-28(2,3)26(22)31(27(32)33)24-17-30-11-9-18(24)10-12-30/h5-8,14-15,18,24,26H,4,9-13,16-17H2,1-3H3,(H,32,33)/t24-,26+/m1/s1. The van der Waals surface area contributed by atoms with E-state index in [9.17, 15) is 9.90 Å². The van der Waals surface area contributed by atoms with Gasteiger partial charge in [-0.1, -0.05) is 56.6 Å². The predicted octanol–water partition coefficient (Wildman–Crippen LogP) is 6.49. The molecule has 6 rings (SSSR count). The number of halogens is 1. The predicted molar refractivity (Wildman–Crippen MR) is 136 cm³/mol. The first-order chi connectivity index (χ1) is 16.3. The van der Waals surface area contributed by atoms with E-state index < -0.39 is 6.09 Å². The number of hydrogen-bond acceptors (Lipinski definition) is 3. The molecule has 4 aliphatic rings. The molecule has 1 aliphatic carbocycles. The minimum absolute atomic E-state index is 0.0735. The van der Waals surface area contributed by atoms with Gasteiger partial charge in [0.2, 0.25) is 0 Å². The molecular formula is C28H35ClN2O3. The van der Waals surface area contributed by atoms with E-state index >= 15 is 0 Å². The van der Waals surface area contributed by atoms with Crippen molar-refractivity contribution in [3.8, 4) is 16.9 Å². The van der Waals surface area contributed by atoms with E-state index in [2.05, 4.69) is 43.9 Å². The number of piperidine rings is 3. The second-order valence-corrected chi connectivity index (χ2v) is 11.3. The van der Waals surface area contributed by atoms with Crippen LogP contribution in [0.1, 0.15) is 57.2 Å². The molecule has 0 aromatic heterocycles. The van der Waals surface area contributed by atoms with E-state index in [1.807, 2.05) is 23.1 Å². The van der Waals surface area contributed by atoms with E-state index in [4.69, 9.17) is 16.3 Å². The van der Waals surface area contributed by atoms with Crippen LogP contribution in [0.2, 0.25) is 5.02 Å². The normalized spacial score (nSPS) is 26.8. The Kier molecular flexibility index (Phi) is 6.28. The number of ether oxygens (including phenoxy) is 1. The number of carboxylic acid groups (broad SMARTS) is 1. The quantitative estimate of drug-likeness (QED) is 0.511. The lowest BCUT2D eigenvalue weighted by Crippen LogP contribution is -2.60. The van der Waals surface area contributed by atoms with Crippen molar-refractivity contribution in [3.05, 3.63) is 52.5 Å². The molecule has 0 radical (unpaired) electrons. The topological polar surface area (TPSA) is 53.0 Å². The number of hydrogen-bond donors (Lipinski definition) is 1. The van der Waals surface area contributed by atoms with Gasteiger partial charge in [0.25, 0.3) is 0 Å². The Morgan fingerprint density at radius 1 is 1.18 bits per heavy atom. The van der Waals surface area contributed by atoms with Gasteiger partial charge in [-0.3, -0.25) is 4.90 Å². The fourth-order valence-electron chi connectivity index (χ4n) is 6.44. The Morgan fingerprint density at radius 2 is 1.88 bits per heavy atom. The Balaban J connectivity index is 1.47. The summed E-state index contributed by atoms with van der Waals surface area (Å²) in [6.45, 7) is 10.2. The maximum atomic E-state index is 12.7. The average molecular weight is 483 g/mol. The fraction of sp³-hybridized carbons (Fsp3) is 0.536. The first kappa shape index (κ1) is 23.5. The second-order valence-electron chi connectivity index (χ2n) is 10.9. The summed E-state index contributed by atoms with van der Waals surface area (Å²) in [6.07, 6.45) is 3.21. The maximum Gasteiger partial charge on any atom is 0.408 e. The van der Waals surface area contributed by atoms with Gasteiger partial charge in [-0.25, -0.2) is 4.79 Å². The average Bonchev–Trinajstić information content (AvgIpc) is 3.08. The Labute approximate surface area is 207 Å². The number of fused-ring (bicyclic) bond motifs is 4. The third kappa shape index (κ3) is 4.18. The van der Waals surface area contributed by atoms with Crippen molar-refractivity contribution >= 4 is 17.7 Å². The molecule has 3 saturated heterocycles. The van der Waals surface area contributed by atoms with Crippen LogP contribution in [-0.4, -0.2) is 53.3 Å². The van der Waals surface area contributed by atoms with Gasteiger partial charge >= 0.3 is 6.09 Å². The zero-order valence-electron chi connectivity index (χ0n) is 20.4. The van der Waals surface area contributed by atoms with Crippen LogP contribution in [-0.2, 0) is 6.42 Å². The van der Waals surface area contributed by atoms with E-state index in [1.54, 1.807) is 0 Å². The lowest BCUT2D eigenvalue weighted by molar-refractivity contribution is -0.0267. The van der Waals surface area contributed by atoms with Crippen molar-refractivity contribution in [3.63, 3.8) is 0 Å². The van der Waals surface area contributed by atoms with Crippen LogP contribution in [0.15, 0.2) is 36.4 Å². The van der Waals surface area contributed by atoms with Gasteiger partial charge in [0.05, 0.1) is 23.7 Å². The molecule has 6 heteroatoms. The highest BCUT2D eigenvalue weighted by Crippen LogP contribution is 2.51. The molecule has 1 amide bonds. The summed E-state index contributed by atoms with van der Waals surface area (Å²) in [5.41, 5.74) is 4.37. The van der Waals surface area contributed by atoms with Gasteiger partial charge in [-0.2, -0.15) is 0 Å². The summed E-state index contributed by atoms with van der Waals surface area (Å²) in [7, 11) is 0. The molecule has 2 atom stereocenters. The van der Waals surface area contributed by atoms with Gasteiger partial charge in [-0.05, 0) is 84.5 Å². The summed E-state index contributed by atoms with van der Waals surface area (Å²) >= 11 is 6.49. The van der Waals surface area contributed by atoms with Crippen LogP contribution in [0.3, 0.4) is 0 Å². The van der Waals surface area contributed by atoms with Crippen LogP contribution in [0, 0.1) is 11.3 Å². The molecule has 3 aliphatic heterocycles. The second kappa shape index (κ2) is 9.09. The van der Waals surface area contributed by atoms with Crippen molar-refractivity contribution in [1.82, 2.24) is 9.80 Å².